The molecule has 1 aromatic carbocycles. The van der Waals surface area contributed by atoms with Gasteiger partial charge in [0, 0.05) is 18.4 Å². The molecule has 0 saturated heterocycles. The van der Waals surface area contributed by atoms with Gasteiger partial charge in [0.25, 0.3) is 0 Å². The molecule has 0 atom stereocenters. The van der Waals surface area contributed by atoms with E-state index in [1.54, 1.807) is 5.48 Å². The zero-order valence-electron chi connectivity index (χ0n) is 13.3. The van der Waals surface area contributed by atoms with E-state index in [4.69, 9.17) is 9.73 Å². The molecule has 0 saturated carbocycles. The first-order valence-corrected chi connectivity index (χ1v) is 7.83. The number of nitrogens with zero attached hydrogens (tertiary/aromatic N) is 2. The van der Waals surface area contributed by atoms with Gasteiger partial charge >= 0.3 is 6.18 Å². The van der Waals surface area contributed by atoms with Crippen LogP contribution in [0.3, 0.4) is 0 Å². The highest BCUT2D eigenvalue weighted by Gasteiger charge is 2.30. The molecule has 2 N–H and O–H groups in total. The number of unbranched alkanes of at least 4 members (excludes halogenated alkanes) is 3. The van der Waals surface area contributed by atoms with Gasteiger partial charge in [-0.3, -0.25) is 10.0 Å². The number of benzene rings is 1. The van der Waals surface area contributed by atoms with Crippen molar-refractivity contribution in [2.24, 2.45) is 0 Å². The molecule has 1 heterocycles. The summed E-state index contributed by atoms with van der Waals surface area (Å²) in [4.78, 5) is 15.0. The Morgan fingerprint density at radius 1 is 1.12 bits per heavy atom. The minimum atomic E-state index is -4.38. The number of halogens is 3. The molecule has 0 radical (unpaired) electrons. The molecular formula is C16H18F3N3O3. The van der Waals surface area contributed by atoms with Crippen molar-refractivity contribution < 1.29 is 27.7 Å². The number of alkyl halides is 3. The van der Waals surface area contributed by atoms with E-state index >= 15 is 0 Å². The molecule has 1 aromatic heterocycles. The van der Waals surface area contributed by atoms with Crippen LogP contribution in [0.25, 0.3) is 11.4 Å². The minimum Gasteiger partial charge on any atom is -0.339 e. The SMILES string of the molecule is O=C(CCCCCCc1nc(-c2ccc(C(F)(F)F)cc2)no1)NO. The van der Waals surface area contributed by atoms with Crippen molar-refractivity contribution in [3.63, 3.8) is 0 Å². The van der Waals surface area contributed by atoms with E-state index in [0.29, 0.717) is 24.3 Å². The van der Waals surface area contributed by atoms with Gasteiger partial charge in [-0.25, -0.2) is 5.48 Å². The fourth-order valence-corrected chi connectivity index (χ4v) is 2.25. The van der Waals surface area contributed by atoms with Crippen LogP contribution in [0.2, 0.25) is 0 Å². The standard InChI is InChI=1S/C16H18F3N3O3/c17-16(18,19)12-9-7-11(8-10-12)15-20-14(25-22-15)6-4-2-1-3-5-13(23)21-24/h7-10,24H,1-6H2,(H,21,23). The van der Waals surface area contributed by atoms with Crippen molar-refractivity contribution in [1.82, 2.24) is 15.6 Å². The minimum absolute atomic E-state index is 0.253. The summed E-state index contributed by atoms with van der Waals surface area (Å²) in [6.45, 7) is 0. The number of rotatable bonds is 8. The molecule has 9 heteroatoms. The van der Waals surface area contributed by atoms with Gasteiger partial charge in [-0.1, -0.05) is 30.1 Å². The number of aromatic nitrogens is 2. The quantitative estimate of drug-likeness (QED) is 0.427. The summed E-state index contributed by atoms with van der Waals surface area (Å²) in [6, 6.07) is 4.58. The lowest BCUT2D eigenvalue weighted by Gasteiger charge is -2.05. The van der Waals surface area contributed by atoms with Gasteiger partial charge in [-0.05, 0) is 25.0 Å². The van der Waals surface area contributed by atoms with Crippen LogP contribution >= 0.6 is 0 Å². The van der Waals surface area contributed by atoms with Crippen LogP contribution in [0, 0.1) is 0 Å². The Bertz CT molecular complexity index is 684. The second kappa shape index (κ2) is 8.61. The third-order valence-electron chi connectivity index (χ3n) is 3.61. The van der Waals surface area contributed by atoms with E-state index in [0.717, 1.165) is 31.4 Å². The highest BCUT2D eigenvalue weighted by molar-refractivity contribution is 5.74. The zero-order chi connectivity index (χ0) is 18.3. The first-order chi connectivity index (χ1) is 11.9. The predicted octanol–water partition coefficient (Wildman–Crippen LogP) is 3.75. The topological polar surface area (TPSA) is 88.2 Å². The lowest BCUT2D eigenvalue weighted by atomic mass is 10.1. The third-order valence-corrected chi connectivity index (χ3v) is 3.61. The van der Waals surface area contributed by atoms with Crippen LogP contribution in [-0.4, -0.2) is 21.3 Å². The molecule has 0 aliphatic heterocycles. The number of hydrogen-bond acceptors (Lipinski definition) is 5. The summed E-state index contributed by atoms with van der Waals surface area (Å²) in [5.41, 5.74) is 1.31. The number of aryl methyl sites for hydroxylation is 1. The van der Waals surface area contributed by atoms with Crippen molar-refractivity contribution in [3.05, 3.63) is 35.7 Å². The first-order valence-electron chi connectivity index (χ1n) is 7.83. The number of carbonyl (C=O) groups is 1. The maximum absolute atomic E-state index is 12.5. The molecule has 2 aromatic rings. The van der Waals surface area contributed by atoms with Gasteiger partial charge in [0.05, 0.1) is 5.56 Å². The lowest BCUT2D eigenvalue weighted by molar-refractivity contribution is -0.137. The fourth-order valence-electron chi connectivity index (χ4n) is 2.25. The van der Waals surface area contributed by atoms with E-state index in [2.05, 4.69) is 10.1 Å². The molecule has 6 nitrogen and oxygen atoms in total. The summed E-state index contributed by atoms with van der Waals surface area (Å²) < 4.78 is 42.7. The van der Waals surface area contributed by atoms with Crippen molar-refractivity contribution in [2.75, 3.05) is 0 Å². The van der Waals surface area contributed by atoms with Crippen LogP contribution in [0.5, 0.6) is 0 Å². The van der Waals surface area contributed by atoms with Crippen molar-refractivity contribution in [3.8, 4) is 11.4 Å². The Morgan fingerprint density at radius 2 is 1.80 bits per heavy atom. The Kier molecular flexibility index (Phi) is 6.51. The largest absolute Gasteiger partial charge is 0.416 e. The summed E-state index contributed by atoms with van der Waals surface area (Å²) in [5, 5.41) is 12.1. The summed E-state index contributed by atoms with van der Waals surface area (Å²) in [7, 11) is 0. The number of amides is 1. The first kappa shape index (κ1) is 18.9. The maximum atomic E-state index is 12.5. The zero-order valence-corrected chi connectivity index (χ0v) is 13.3. The molecule has 0 aliphatic carbocycles. The highest BCUT2D eigenvalue weighted by Crippen LogP contribution is 2.30. The van der Waals surface area contributed by atoms with Crippen LogP contribution in [0.1, 0.15) is 43.6 Å². The van der Waals surface area contributed by atoms with Crippen LogP contribution < -0.4 is 5.48 Å². The predicted molar refractivity (Wildman–Crippen MR) is 81.5 cm³/mol. The average molecular weight is 357 g/mol. The number of nitrogens with one attached hydrogen (secondary N) is 1. The van der Waals surface area contributed by atoms with Gasteiger partial charge in [0.2, 0.25) is 17.6 Å². The number of carbonyl (C=O) groups excluding carboxylic acids is 1. The van der Waals surface area contributed by atoms with Crippen LogP contribution in [0.15, 0.2) is 28.8 Å². The maximum Gasteiger partial charge on any atom is 0.416 e. The highest BCUT2D eigenvalue weighted by atomic mass is 19.4. The average Bonchev–Trinajstić information content (AvgIpc) is 3.06. The van der Waals surface area contributed by atoms with Crippen molar-refractivity contribution in [2.45, 2.75) is 44.7 Å². The molecule has 0 spiro atoms. The Morgan fingerprint density at radius 3 is 2.44 bits per heavy atom. The second-order valence-corrected chi connectivity index (χ2v) is 5.54. The van der Waals surface area contributed by atoms with Crippen molar-refractivity contribution >= 4 is 5.91 Å². The van der Waals surface area contributed by atoms with Gasteiger partial charge in [0.15, 0.2) is 0 Å². The molecule has 25 heavy (non-hydrogen) atoms. The fraction of sp³-hybridized carbons (Fsp3) is 0.438. The monoisotopic (exact) mass is 357 g/mol. The molecule has 0 bridgehead atoms. The third kappa shape index (κ3) is 5.86. The van der Waals surface area contributed by atoms with Gasteiger partial charge in [-0.2, -0.15) is 18.2 Å². The van der Waals surface area contributed by atoms with Crippen LogP contribution in [-0.2, 0) is 17.4 Å². The summed E-state index contributed by atoms with van der Waals surface area (Å²) in [5.74, 6) is 0.268. The van der Waals surface area contributed by atoms with Crippen molar-refractivity contribution in [1.29, 1.82) is 0 Å². The van der Waals surface area contributed by atoms with Crippen LogP contribution in [0.4, 0.5) is 13.2 Å². The Balaban J connectivity index is 1.79. The molecule has 0 fully saturated rings. The second-order valence-electron chi connectivity index (χ2n) is 5.54. The molecular weight excluding hydrogens is 339 g/mol. The van der Waals surface area contributed by atoms with Gasteiger partial charge in [-0.15, -0.1) is 0 Å². The molecule has 0 unspecified atom stereocenters. The lowest BCUT2D eigenvalue weighted by Crippen LogP contribution is -2.17. The molecule has 2 rings (SSSR count). The van der Waals surface area contributed by atoms with E-state index in [-0.39, 0.29) is 12.2 Å². The smallest absolute Gasteiger partial charge is 0.339 e. The number of hydroxylamine groups is 1. The summed E-state index contributed by atoms with van der Waals surface area (Å²) >= 11 is 0. The number of hydrogen-bond donors (Lipinski definition) is 2. The van der Waals surface area contributed by atoms with E-state index in [9.17, 15) is 18.0 Å². The Hall–Kier alpha value is -2.42. The van der Waals surface area contributed by atoms with Gasteiger partial charge in [0.1, 0.15) is 0 Å². The Labute approximate surface area is 142 Å². The van der Waals surface area contributed by atoms with Gasteiger partial charge < -0.3 is 4.52 Å². The molecule has 0 aliphatic rings. The summed E-state index contributed by atoms with van der Waals surface area (Å²) in [6.07, 6.45) is -0.403. The normalized spacial score (nSPS) is 11.5. The van der Waals surface area contributed by atoms with E-state index in [1.807, 2.05) is 0 Å². The molecule has 1 amide bonds. The van der Waals surface area contributed by atoms with E-state index < -0.39 is 17.6 Å². The molecule has 136 valence electrons. The van der Waals surface area contributed by atoms with E-state index in [1.165, 1.54) is 12.1 Å².